The van der Waals surface area contributed by atoms with Crippen LogP contribution >= 0.6 is 11.3 Å². The molecule has 0 atom stereocenters. The number of rotatable bonds is 3. The molecule has 1 aromatic carbocycles. The molecule has 2 aromatic rings. The van der Waals surface area contributed by atoms with Crippen LogP contribution < -0.4 is 0 Å². The van der Waals surface area contributed by atoms with E-state index < -0.39 is 0 Å². The van der Waals surface area contributed by atoms with Crippen molar-refractivity contribution < 1.29 is 9.59 Å². The number of carbonyl (C=O) groups excluding carboxylic acids is 2. The molecule has 0 bridgehead atoms. The fourth-order valence-corrected chi connectivity index (χ4v) is 3.74. The zero-order valence-electron chi connectivity index (χ0n) is 16.1. The third kappa shape index (κ3) is 4.86. The lowest BCUT2D eigenvalue weighted by Gasteiger charge is -2.34. The Kier molecular flexibility index (Phi) is 5.80. The van der Waals surface area contributed by atoms with Crippen molar-refractivity contribution in [1.82, 2.24) is 9.80 Å². The van der Waals surface area contributed by atoms with Crippen LogP contribution in [0.15, 0.2) is 47.9 Å². The molecule has 5 heteroatoms. The number of amides is 2. The number of hydrogen-bond acceptors (Lipinski definition) is 3. The molecule has 1 aliphatic heterocycles. The highest BCUT2D eigenvalue weighted by Crippen LogP contribution is 2.22. The standard InChI is InChI=1S/C22H26N2O2S/c1-22(2,3)18-9-6-17(7-10-18)8-11-20(25)23-12-14-24(15-13-23)21(26)19-5-4-16-27-19/h4-11,16H,12-15H2,1-3H3. The molecule has 2 heterocycles. The SMILES string of the molecule is CC(C)(C)c1ccc(C=CC(=O)N2CCN(C(=O)c3cccs3)CC2)cc1. The van der Waals surface area contributed by atoms with Gasteiger partial charge < -0.3 is 9.80 Å². The van der Waals surface area contributed by atoms with Crippen LogP contribution in [-0.2, 0) is 10.2 Å². The van der Waals surface area contributed by atoms with Crippen molar-refractivity contribution in [2.45, 2.75) is 26.2 Å². The number of piperazine rings is 1. The molecule has 0 unspecified atom stereocenters. The number of hydrogen-bond donors (Lipinski definition) is 0. The summed E-state index contributed by atoms with van der Waals surface area (Å²) in [4.78, 5) is 29.2. The minimum atomic E-state index is -0.00174. The molecule has 0 radical (unpaired) electrons. The van der Waals surface area contributed by atoms with Gasteiger partial charge in [-0.25, -0.2) is 0 Å². The molecule has 0 saturated carbocycles. The molecule has 142 valence electrons. The first-order valence-electron chi connectivity index (χ1n) is 9.25. The van der Waals surface area contributed by atoms with Gasteiger partial charge in [0.05, 0.1) is 4.88 Å². The Labute approximate surface area is 165 Å². The van der Waals surface area contributed by atoms with Crippen molar-refractivity contribution in [3.05, 3.63) is 63.9 Å². The van der Waals surface area contributed by atoms with Crippen molar-refractivity contribution in [2.75, 3.05) is 26.2 Å². The molecule has 2 amide bonds. The van der Waals surface area contributed by atoms with Gasteiger partial charge in [-0.05, 0) is 34.1 Å². The maximum Gasteiger partial charge on any atom is 0.264 e. The van der Waals surface area contributed by atoms with Gasteiger partial charge in [0.2, 0.25) is 5.91 Å². The molecule has 3 rings (SSSR count). The number of carbonyl (C=O) groups is 2. The molecule has 1 fully saturated rings. The van der Waals surface area contributed by atoms with Crippen molar-refractivity contribution >= 4 is 29.2 Å². The molecule has 0 spiro atoms. The van der Waals surface area contributed by atoms with E-state index in [1.165, 1.54) is 16.9 Å². The first-order valence-corrected chi connectivity index (χ1v) is 10.1. The highest BCUT2D eigenvalue weighted by Gasteiger charge is 2.24. The van der Waals surface area contributed by atoms with Gasteiger partial charge in [0.15, 0.2) is 0 Å². The predicted octanol–water partition coefficient (Wildman–Crippen LogP) is 4.04. The third-order valence-corrected chi connectivity index (χ3v) is 5.66. The largest absolute Gasteiger partial charge is 0.336 e. The Morgan fingerprint density at radius 3 is 2.15 bits per heavy atom. The van der Waals surface area contributed by atoms with Crippen LogP contribution in [0.1, 0.15) is 41.6 Å². The van der Waals surface area contributed by atoms with Crippen LogP contribution in [0.25, 0.3) is 6.08 Å². The maximum absolute atomic E-state index is 12.4. The smallest absolute Gasteiger partial charge is 0.264 e. The van der Waals surface area contributed by atoms with Crippen molar-refractivity contribution in [3.63, 3.8) is 0 Å². The Balaban J connectivity index is 1.53. The van der Waals surface area contributed by atoms with Crippen LogP contribution in [0.5, 0.6) is 0 Å². The van der Waals surface area contributed by atoms with Gasteiger partial charge >= 0.3 is 0 Å². The van der Waals surface area contributed by atoms with Crippen molar-refractivity contribution in [2.24, 2.45) is 0 Å². The number of thiophene rings is 1. The lowest BCUT2D eigenvalue weighted by atomic mass is 9.87. The quantitative estimate of drug-likeness (QED) is 0.752. The van der Waals surface area contributed by atoms with Crippen LogP contribution in [0, 0.1) is 0 Å². The van der Waals surface area contributed by atoms with Gasteiger partial charge in [0.25, 0.3) is 5.91 Å². The summed E-state index contributed by atoms with van der Waals surface area (Å²) < 4.78 is 0. The van der Waals surface area contributed by atoms with Crippen molar-refractivity contribution in [1.29, 1.82) is 0 Å². The predicted molar refractivity (Wildman–Crippen MR) is 111 cm³/mol. The van der Waals surface area contributed by atoms with Gasteiger partial charge in [-0.1, -0.05) is 51.1 Å². The first-order chi connectivity index (χ1) is 12.8. The van der Waals surface area contributed by atoms with E-state index in [1.54, 1.807) is 11.0 Å². The molecule has 27 heavy (non-hydrogen) atoms. The summed E-state index contributed by atoms with van der Waals surface area (Å²) in [5, 5.41) is 1.91. The summed E-state index contributed by atoms with van der Waals surface area (Å²) in [6, 6.07) is 12.0. The van der Waals surface area contributed by atoms with Crippen LogP contribution in [0.4, 0.5) is 0 Å². The van der Waals surface area contributed by atoms with E-state index in [-0.39, 0.29) is 17.2 Å². The maximum atomic E-state index is 12.4. The molecule has 1 saturated heterocycles. The van der Waals surface area contributed by atoms with E-state index in [0.29, 0.717) is 26.2 Å². The highest BCUT2D eigenvalue weighted by atomic mass is 32.1. The Morgan fingerprint density at radius 2 is 1.59 bits per heavy atom. The van der Waals surface area contributed by atoms with Crippen LogP contribution in [0.2, 0.25) is 0 Å². The lowest BCUT2D eigenvalue weighted by Crippen LogP contribution is -2.50. The van der Waals surface area contributed by atoms with Crippen LogP contribution in [-0.4, -0.2) is 47.8 Å². The summed E-state index contributed by atoms with van der Waals surface area (Å²) in [6.07, 6.45) is 3.49. The van der Waals surface area contributed by atoms with Gasteiger partial charge in [0.1, 0.15) is 0 Å². The van der Waals surface area contributed by atoms with Gasteiger partial charge in [-0.3, -0.25) is 9.59 Å². The molecule has 4 nitrogen and oxygen atoms in total. The molecule has 1 aliphatic rings. The third-order valence-electron chi connectivity index (χ3n) is 4.81. The summed E-state index contributed by atoms with van der Waals surface area (Å²) in [6.45, 7) is 8.86. The topological polar surface area (TPSA) is 40.6 Å². The van der Waals surface area contributed by atoms with E-state index in [2.05, 4.69) is 32.9 Å². The van der Waals surface area contributed by atoms with Crippen molar-refractivity contribution in [3.8, 4) is 0 Å². The van der Waals surface area contributed by atoms with E-state index in [0.717, 1.165) is 10.4 Å². The van der Waals surface area contributed by atoms with E-state index in [4.69, 9.17) is 0 Å². The average molecular weight is 383 g/mol. The summed E-state index contributed by atoms with van der Waals surface area (Å²) >= 11 is 1.46. The minimum absolute atomic E-state index is 0.00174. The van der Waals surface area contributed by atoms with Gasteiger partial charge in [-0.15, -0.1) is 11.3 Å². The van der Waals surface area contributed by atoms with E-state index >= 15 is 0 Å². The second-order valence-electron chi connectivity index (χ2n) is 7.80. The van der Waals surface area contributed by atoms with E-state index in [1.807, 2.05) is 40.6 Å². The average Bonchev–Trinajstić information content (AvgIpc) is 3.20. The molecule has 0 N–H and O–H groups in total. The first kappa shape index (κ1) is 19.4. The summed E-state index contributed by atoms with van der Waals surface area (Å²) in [5.74, 6) is 0.0599. The van der Waals surface area contributed by atoms with E-state index in [9.17, 15) is 9.59 Å². The summed E-state index contributed by atoms with van der Waals surface area (Å²) in [7, 11) is 0. The number of benzene rings is 1. The van der Waals surface area contributed by atoms with Crippen LogP contribution in [0.3, 0.4) is 0 Å². The Bertz CT molecular complexity index is 809. The van der Waals surface area contributed by atoms with Gasteiger partial charge in [-0.2, -0.15) is 0 Å². The molecular weight excluding hydrogens is 356 g/mol. The van der Waals surface area contributed by atoms with Gasteiger partial charge in [0, 0.05) is 32.3 Å². The second-order valence-corrected chi connectivity index (χ2v) is 8.75. The monoisotopic (exact) mass is 382 g/mol. The number of nitrogens with zero attached hydrogens (tertiary/aromatic N) is 2. The lowest BCUT2D eigenvalue weighted by molar-refractivity contribution is -0.127. The highest BCUT2D eigenvalue weighted by molar-refractivity contribution is 7.12. The zero-order valence-corrected chi connectivity index (χ0v) is 17.0. The molecule has 1 aromatic heterocycles. The normalized spacial score (nSPS) is 15.4. The fraction of sp³-hybridized carbons (Fsp3) is 0.364. The Morgan fingerprint density at radius 1 is 0.963 bits per heavy atom. The Hall–Kier alpha value is -2.40. The molecule has 0 aliphatic carbocycles. The fourth-order valence-electron chi connectivity index (χ4n) is 3.05. The minimum Gasteiger partial charge on any atom is -0.336 e. The summed E-state index contributed by atoms with van der Waals surface area (Å²) in [5.41, 5.74) is 2.42. The second kappa shape index (κ2) is 8.09. The zero-order chi connectivity index (χ0) is 19.4. The molecular formula is C22H26N2O2S.